The van der Waals surface area contributed by atoms with E-state index in [-0.39, 0.29) is 0 Å². The number of hydrogen-bond acceptors (Lipinski definition) is 2. The summed E-state index contributed by atoms with van der Waals surface area (Å²) in [6.45, 7) is 9.27. The number of methoxy groups -OCH3 is 1. The van der Waals surface area contributed by atoms with Crippen LogP contribution in [0.1, 0.15) is 26.7 Å². The Morgan fingerprint density at radius 3 is 2.40 bits per heavy atom. The maximum Gasteiger partial charge on any atom is 0.0491 e. The summed E-state index contributed by atoms with van der Waals surface area (Å²) in [7, 11) is 1.81. The van der Waals surface area contributed by atoms with Gasteiger partial charge in [0.2, 0.25) is 0 Å². The van der Waals surface area contributed by atoms with Crippen LogP contribution in [0.15, 0.2) is 0 Å². The minimum absolute atomic E-state index is 0.397. The van der Waals surface area contributed by atoms with Crippen molar-refractivity contribution in [3.05, 3.63) is 0 Å². The van der Waals surface area contributed by atoms with Gasteiger partial charge in [-0.2, -0.15) is 0 Å². The lowest BCUT2D eigenvalue weighted by molar-refractivity contribution is 0.0853. The summed E-state index contributed by atoms with van der Waals surface area (Å²) in [5.41, 5.74) is 0.397. The van der Waals surface area contributed by atoms with Crippen molar-refractivity contribution in [2.75, 3.05) is 38.7 Å². The molecule has 0 aliphatic carbocycles. The van der Waals surface area contributed by atoms with E-state index >= 15 is 0 Å². The molecule has 0 amide bonds. The number of alkyl halides is 1. The molecule has 0 bridgehead atoms. The van der Waals surface area contributed by atoms with Crippen LogP contribution in [0.2, 0.25) is 0 Å². The molecule has 0 aromatic rings. The third-order valence-corrected chi connectivity index (χ3v) is 4.64. The highest BCUT2D eigenvalue weighted by molar-refractivity contribution is 9.09. The van der Waals surface area contributed by atoms with Gasteiger partial charge >= 0.3 is 0 Å². The fourth-order valence-electron chi connectivity index (χ4n) is 2.19. The fraction of sp³-hybridized carbons (Fsp3) is 1.00. The summed E-state index contributed by atoms with van der Waals surface area (Å²) in [5.74, 6) is 0.790. The summed E-state index contributed by atoms with van der Waals surface area (Å²) < 4.78 is 5.21. The van der Waals surface area contributed by atoms with E-state index in [1.54, 1.807) is 7.11 Å². The molecule has 1 saturated heterocycles. The van der Waals surface area contributed by atoms with Gasteiger partial charge in [-0.15, -0.1) is 0 Å². The number of rotatable bonds is 5. The smallest absolute Gasteiger partial charge is 0.0491 e. The maximum absolute atomic E-state index is 5.21. The zero-order valence-electron chi connectivity index (χ0n) is 10.3. The number of piperidine rings is 1. The molecule has 1 fully saturated rings. The highest BCUT2D eigenvalue weighted by Gasteiger charge is 2.24. The van der Waals surface area contributed by atoms with Gasteiger partial charge in [0.1, 0.15) is 0 Å². The Hall–Kier alpha value is 0.400. The zero-order valence-corrected chi connectivity index (χ0v) is 11.8. The second-order valence-electron chi connectivity index (χ2n) is 5.47. The Bertz CT molecular complexity index is 176. The van der Waals surface area contributed by atoms with Crippen molar-refractivity contribution < 1.29 is 4.74 Å². The molecule has 1 aliphatic heterocycles. The van der Waals surface area contributed by atoms with E-state index in [2.05, 4.69) is 34.7 Å². The largest absolute Gasteiger partial charge is 0.384 e. The van der Waals surface area contributed by atoms with E-state index in [1.807, 2.05) is 0 Å². The molecule has 1 rings (SSSR count). The first-order valence-electron chi connectivity index (χ1n) is 5.84. The van der Waals surface area contributed by atoms with Gasteiger partial charge in [-0.1, -0.05) is 29.8 Å². The van der Waals surface area contributed by atoms with Crippen LogP contribution in [0.5, 0.6) is 0 Å². The van der Waals surface area contributed by atoms with E-state index in [1.165, 1.54) is 32.5 Å². The molecule has 1 aliphatic rings. The first kappa shape index (κ1) is 13.5. The number of ether oxygens (including phenoxy) is 1. The molecule has 2 nitrogen and oxygen atoms in total. The summed E-state index contributed by atoms with van der Waals surface area (Å²) in [4.78, 5) is 2.59. The van der Waals surface area contributed by atoms with Crippen LogP contribution in [0.4, 0.5) is 0 Å². The molecule has 3 heteroatoms. The van der Waals surface area contributed by atoms with Crippen LogP contribution in [0, 0.1) is 11.3 Å². The van der Waals surface area contributed by atoms with Gasteiger partial charge in [-0.3, -0.25) is 0 Å². The molecule has 90 valence electrons. The van der Waals surface area contributed by atoms with Crippen molar-refractivity contribution >= 4 is 15.9 Å². The Kier molecular flexibility index (Phi) is 5.58. The minimum atomic E-state index is 0.397. The molecule has 0 atom stereocenters. The van der Waals surface area contributed by atoms with Gasteiger partial charge < -0.3 is 9.64 Å². The van der Waals surface area contributed by atoms with Crippen LogP contribution >= 0.6 is 15.9 Å². The third-order valence-electron chi connectivity index (χ3n) is 3.12. The first-order valence-corrected chi connectivity index (χ1v) is 6.97. The van der Waals surface area contributed by atoms with E-state index in [0.29, 0.717) is 5.41 Å². The van der Waals surface area contributed by atoms with E-state index in [4.69, 9.17) is 4.74 Å². The van der Waals surface area contributed by atoms with E-state index < -0.39 is 0 Å². The topological polar surface area (TPSA) is 12.5 Å². The van der Waals surface area contributed by atoms with Crippen LogP contribution in [-0.2, 0) is 4.74 Å². The van der Waals surface area contributed by atoms with Gasteiger partial charge in [0.05, 0.1) is 0 Å². The standard InChI is InChI=1S/C12H24BrNO/c1-12(2,9-13)10-14-6-4-11(5-7-14)8-15-3/h11H,4-10H2,1-3H3. The van der Waals surface area contributed by atoms with E-state index in [9.17, 15) is 0 Å². The second kappa shape index (κ2) is 6.21. The molecule has 1 heterocycles. The molecule has 0 unspecified atom stereocenters. The molecule has 0 radical (unpaired) electrons. The monoisotopic (exact) mass is 277 g/mol. The Morgan fingerprint density at radius 2 is 1.93 bits per heavy atom. The van der Waals surface area contributed by atoms with Crippen LogP contribution in [-0.4, -0.2) is 43.6 Å². The van der Waals surface area contributed by atoms with Crippen LogP contribution in [0.3, 0.4) is 0 Å². The molecule has 0 N–H and O–H groups in total. The Labute approximate surface area is 102 Å². The lowest BCUT2D eigenvalue weighted by atomic mass is 9.92. The quantitative estimate of drug-likeness (QED) is 0.717. The molecular formula is C12H24BrNO. The fourth-order valence-corrected chi connectivity index (χ4v) is 2.37. The van der Waals surface area contributed by atoms with Crippen molar-refractivity contribution in [1.29, 1.82) is 0 Å². The maximum atomic E-state index is 5.21. The summed E-state index contributed by atoms with van der Waals surface area (Å²) in [6.07, 6.45) is 2.60. The highest BCUT2D eigenvalue weighted by atomic mass is 79.9. The van der Waals surface area contributed by atoms with Crippen molar-refractivity contribution in [3.8, 4) is 0 Å². The predicted molar refractivity (Wildman–Crippen MR) is 68.6 cm³/mol. The minimum Gasteiger partial charge on any atom is -0.384 e. The van der Waals surface area contributed by atoms with Gasteiger partial charge in [0.15, 0.2) is 0 Å². The van der Waals surface area contributed by atoms with Crippen LogP contribution in [0.25, 0.3) is 0 Å². The average molecular weight is 278 g/mol. The van der Waals surface area contributed by atoms with Crippen molar-refractivity contribution in [2.45, 2.75) is 26.7 Å². The zero-order chi connectivity index (χ0) is 11.3. The number of likely N-dealkylation sites (tertiary alicyclic amines) is 1. The number of hydrogen-bond donors (Lipinski definition) is 0. The summed E-state index contributed by atoms with van der Waals surface area (Å²) in [6, 6.07) is 0. The normalized spacial score (nSPS) is 20.8. The number of halogens is 1. The van der Waals surface area contributed by atoms with Crippen molar-refractivity contribution in [3.63, 3.8) is 0 Å². The highest BCUT2D eigenvalue weighted by Crippen LogP contribution is 2.24. The molecule has 0 aromatic heterocycles. The van der Waals surface area contributed by atoms with Gasteiger partial charge in [-0.05, 0) is 37.3 Å². The predicted octanol–water partition coefficient (Wildman–Crippen LogP) is 2.77. The molecule has 0 aromatic carbocycles. The van der Waals surface area contributed by atoms with Gasteiger partial charge in [0.25, 0.3) is 0 Å². The van der Waals surface area contributed by atoms with Crippen molar-refractivity contribution in [1.82, 2.24) is 4.90 Å². The second-order valence-corrected chi connectivity index (χ2v) is 6.03. The van der Waals surface area contributed by atoms with Crippen LogP contribution < -0.4 is 0 Å². The number of nitrogens with zero attached hydrogens (tertiary/aromatic N) is 1. The lowest BCUT2D eigenvalue weighted by Gasteiger charge is -2.36. The van der Waals surface area contributed by atoms with E-state index in [0.717, 1.165) is 17.9 Å². The van der Waals surface area contributed by atoms with Crippen molar-refractivity contribution in [2.24, 2.45) is 11.3 Å². The van der Waals surface area contributed by atoms with Gasteiger partial charge in [0, 0.05) is 25.6 Å². The Balaban J connectivity index is 2.25. The summed E-state index contributed by atoms with van der Waals surface area (Å²) in [5, 5.41) is 1.08. The first-order chi connectivity index (χ1) is 7.07. The molecule has 0 spiro atoms. The lowest BCUT2D eigenvalue weighted by Crippen LogP contribution is -2.41. The third kappa shape index (κ3) is 4.83. The molecule has 15 heavy (non-hydrogen) atoms. The SMILES string of the molecule is COCC1CCN(CC(C)(C)CBr)CC1. The average Bonchev–Trinajstić information content (AvgIpc) is 2.21. The Morgan fingerprint density at radius 1 is 1.33 bits per heavy atom. The summed E-state index contributed by atoms with van der Waals surface area (Å²) >= 11 is 3.59. The van der Waals surface area contributed by atoms with Gasteiger partial charge in [-0.25, -0.2) is 0 Å². The molecule has 0 saturated carbocycles. The molecular weight excluding hydrogens is 254 g/mol.